The maximum Gasteiger partial charge on any atom is 0.415 e. The number of alkyl halides is 3. The van der Waals surface area contributed by atoms with Crippen molar-refractivity contribution >= 4 is 0 Å². The summed E-state index contributed by atoms with van der Waals surface area (Å²) in [6.07, 6.45) is -5.30. The number of aliphatic hydroxyl groups is 1. The lowest BCUT2D eigenvalue weighted by atomic mass is 9.97. The van der Waals surface area contributed by atoms with Gasteiger partial charge in [0.2, 0.25) is 0 Å². The van der Waals surface area contributed by atoms with Gasteiger partial charge in [-0.15, -0.1) is 0 Å². The summed E-state index contributed by atoms with van der Waals surface area (Å²) < 4.78 is 37.5. The highest BCUT2D eigenvalue weighted by Gasteiger charge is 2.40. The van der Waals surface area contributed by atoms with Crippen molar-refractivity contribution < 1.29 is 18.3 Å². The molecule has 1 aliphatic heterocycles. The van der Waals surface area contributed by atoms with E-state index in [0.29, 0.717) is 24.7 Å². The Morgan fingerprint density at radius 2 is 2.04 bits per heavy atom. The van der Waals surface area contributed by atoms with E-state index in [1.165, 1.54) is 0 Å². The minimum absolute atomic E-state index is 0.0101. The Morgan fingerprint density at radius 3 is 2.75 bits per heavy atom. The van der Waals surface area contributed by atoms with E-state index in [4.69, 9.17) is 0 Å². The Kier molecular flexibility index (Phi) is 4.86. The van der Waals surface area contributed by atoms with Gasteiger partial charge in [0.15, 0.2) is 11.9 Å². The van der Waals surface area contributed by atoms with Crippen molar-refractivity contribution in [1.29, 1.82) is 0 Å². The highest BCUT2D eigenvalue weighted by Crippen LogP contribution is 2.28. The molecule has 2 N–H and O–H groups in total. The molecule has 0 amide bonds. The van der Waals surface area contributed by atoms with Crippen molar-refractivity contribution in [3.63, 3.8) is 0 Å². The van der Waals surface area contributed by atoms with Crippen LogP contribution in [0.3, 0.4) is 0 Å². The van der Waals surface area contributed by atoms with E-state index in [9.17, 15) is 18.3 Å². The molecule has 2 aromatic rings. The smallest absolute Gasteiger partial charge is 0.382 e. The molecule has 0 spiro atoms. The highest BCUT2D eigenvalue weighted by atomic mass is 19.4. The van der Waals surface area contributed by atoms with Gasteiger partial charge in [-0.25, -0.2) is 4.98 Å². The van der Waals surface area contributed by atoms with E-state index in [0.717, 1.165) is 18.4 Å². The maximum absolute atomic E-state index is 12.5. The van der Waals surface area contributed by atoms with Crippen LogP contribution in [0.15, 0.2) is 30.3 Å². The number of hydrogen-bond donors (Lipinski definition) is 2. The minimum Gasteiger partial charge on any atom is -0.382 e. The zero-order valence-corrected chi connectivity index (χ0v) is 13.0. The summed E-state index contributed by atoms with van der Waals surface area (Å²) in [7, 11) is 0. The van der Waals surface area contributed by atoms with Crippen LogP contribution < -0.4 is 0 Å². The second-order valence-corrected chi connectivity index (χ2v) is 6.07. The summed E-state index contributed by atoms with van der Waals surface area (Å²) in [5.74, 6) is 1.25. The van der Waals surface area contributed by atoms with E-state index in [1.54, 1.807) is 4.90 Å². The average molecular weight is 340 g/mol. The van der Waals surface area contributed by atoms with Crippen LogP contribution in [0.5, 0.6) is 0 Å². The summed E-state index contributed by atoms with van der Waals surface area (Å²) in [6.45, 7) is 0.569. The van der Waals surface area contributed by atoms with Gasteiger partial charge in [0, 0.05) is 24.6 Å². The first-order valence-corrected chi connectivity index (χ1v) is 7.88. The fourth-order valence-corrected chi connectivity index (χ4v) is 2.97. The topological polar surface area (TPSA) is 65.0 Å². The zero-order valence-electron chi connectivity index (χ0n) is 13.0. The van der Waals surface area contributed by atoms with Crippen molar-refractivity contribution in [2.75, 3.05) is 19.6 Å². The van der Waals surface area contributed by atoms with Crippen LogP contribution in [0.1, 0.15) is 24.6 Å². The van der Waals surface area contributed by atoms with Crippen LogP contribution in [0.2, 0.25) is 0 Å². The van der Waals surface area contributed by atoms with Crippen molar-refractivity contribution in [3.05, 3.63) is 36.2 Å². The number of β-amino-alcohol motifs (C(OH)–C–C–N with tert-alkyl or cyclic N) is 1. The molecule has 1 fully saturated rings. The number of rotatable bonds is 4. The number of halogens is 3. The fourth-order valence-electron chi connectivity index (χ4n) is 2.97. The van der Waals surface area contributed by atoms with Gasteiger partial charge in [-0.2, -0.15) is 18.3 Å². The molecule has 130 valence electrons. The fraction of sp³-hybridized carbons (Fsp3) is 0.500. The molecular formula is C16H19F3N4O. The third kappa shape index (κ3) is 3.93. The zero-order chi connectivity index (χ0) is 17.2. The van der Waals surface area contributed by atoms with E-state index in [-0.39, 0.29) is 5.92 Å². The number of benzene rings is 1. The number of hydrogen-bond acceptors (Lipinski definition) is 4. The highest BCUT2D eigenvalue weighted by molar-refractivity contribution is 5.53. The first-order chi connectivity index (χ1) is 11.4. The molecule has 24 heavy (non-hydrogen) atoms. The molecule has 1 saturated heterocycles. The molecule has 5 nitrogen and oxygen atoms in total. The summed E-state index contributed by atoms with van der Waals surface area (Å²) >= 11 is 0. The molecule has 1 aromatic carbocycles. The molecule has 0 radical (unpaired) electrons. The standard InChI is InChI=1S/C16H19F3N4O/c17-16(18,19)13(24)10-23-8-4-7-12(9-23)15-20-14(21-22-15)11-5-2-1-3-6-11/h1-3,5-6,12-13,24H,4,7-10H2,(H,20,21,22)/t12-,13+/m0/s1. The lowest BCUT2D eigenvalue weighted by Crippen LogP contribution is -2.44. The van der Waals surface area contributed by atoms with Crippen molar-refractivity contribution in [3.8, 4) is 11.4 Å². The van der Waals surface area contributed by atoms with Crippen molar-refractivity contribution in [2.24, 2.45) is 0 Å². The van der Waals surface area contributed by atoms with Crippen LogP contribution in [0.4, 0.5) is 13.2 Å². The molecule has 8 heteroatoms. The molecule has 0 unspecified atom stereocenters. The van der Waals surface area contributed by atoms with Gasteiger partial charge in [-0.05, 0) is 19.4 Å². The van der Waals surface area contributed by atoms with Gasteiger partial charge in [0.25, 0.3) is 0 Å². The molecule has 3 rings (SSSR count). The molecule has 1 aromatic heterocycles. The van der Waals surface area contributed by atoms with Gasteiger partial charge in [-0.3, -0.25) is 10.00 Å². The number of aliphatic hydroxyl groups excluding tert-OH is 1. The second kappa shape index (κ2) is 6.90. The monoisotopic (exact) mass is 340 g/mol. The van der Waals surface area contributed by atoms with E-state index in [2.05, 4.69) is 15.2 Å². The number of aromatic nitrogens is 3. The minimum atomic E-state index is -4.58. The van der Waals surface area contributed by atoms with Gasteiger partial charge in [0.1, 0.15) is 5.82 Å². The second-order valence-electron chi connectivity index (χ2n) is 6.07. The van der Waals surface area contributed by atoms with Crippen LogP contribution in [-0.4, -0.2) is 57.1 Å². The van der Waals surface area contributed by atoms with Crippen LogP contribution in [-0.2, 0) is 0 Å². The van der Waals surface area contributed by atoms with Gasteiger partial charge < -0.3 is 5.11 Å². The van der Waals surface area contributed by atoms with E-state index >= 15 is 0 Å². The lowest BCUT2D eigenvalue weighted by Gasteiger charge is -2.33. The lowest BCUT2D eigenvalue weighted by molar-refractivity contribution is -0.208. The summed E-state index contributed by atoms with van der Waals surface area (Å²) in [5.41, 5.74) is 0.889. The summed E-state index contributed by atoms with van der Waals surface area (Å²) in [6, 6.07) is 9.50. The largest absolute Gasteiger partial charge is 0.415 e. The number of piperidine rings is 1. The normalized spacial score (nSPS) is 20.9. The Hall–Kier alpha value is -1.93. The molecule has 1 aliphatic rings. The van der Waals surface area contributed by atoms with Gasteiger partial charge >= 0.3 is 6.18 Å². The Bertz CT molecular complexity index is 659. The number of likely N-dealkylation sites (tertiary alicyclic amines) is 1. The predicted molar refractivity (Wildman–Crippen MR) is 82.3 cm³/mol. The molecule has 0 aliphatic carbocycles. The Morgan fingerprint density at radius 1 is 1.29 bits per heavy atom. The molecule has 2 atom stereocenters. The summed E-state index contributed by atoms with van der Waals surface area (Å²) in [4.78, 5) is 6.12. The van der Waals surface area contributed by atoms with Gasteiger partial charge in [-0.1, -0.05) is 30.3 Å². The maximum atomic E-state index is 12.5. The molecular weight excluding hydrogens is 321 g/mol. The Labute approximate surface area is 137 Å². The third-order valence-electron chi connectivity index (χ3n) is 4.24. The molecule has 0 bridgehead atoms. The Balaban J connectivity index is 1.66. The van der Waals surface area contributed by atoms with E-state index in [1.807, 2.05) is 30.3 Å². The number of aromatic amines is 1. The SMILES string of the molecule is O[C@H](CN1CCC[C@H](c2nc(-c3ccccc3)n[nH]2)C1)C(F)(F)F. The van der Waals surface area contributed by atoms with E-state index < -0.39 is 18.8 Å². The number of H-pyrrole nitrogens is 1. The molecule has 0 saturated carbocycles. The molecule has 2 heterocycles. The van der Waals surface area contributed by atoms with Crippen molar-refractivity contribution in [2.45, 2.75) is 31.0 Å². The van der Waals surface area contributed by atoms with Crippen LogP contribution in [0, 0.1) is 0 Å². The first kappa shape index (κ1) is 16.9. The first-order valence-electron chi connectivity index (χ1n) is 7.88. The van der Waals surface area contributed by atoms with Gasteiger partial charge in [0.05, 0.1) is 0 Å². The quantitative estimate of drug-likeness (QED) is 0.898. The average Bonchev–Trinajstić information content (AvgIpc) is 3.05. The van der Waals surface area contributed by atoms with Crippen molar-refractivity contribution in [1.82, 2.24) is 20.1 Å². The van der Waals surface area contributed by atoms with Crippen LogP contribution in [0.25, 0.3) is 11.4 Å². The number of nitrogens with zero attached hydrogens (tertiary/aromatic N) is 3. The predicted octanol–water partition coefficient (Wildman–Crippen LogP) is 2.57. The summed E-state index contributed by atoms with van der Waals surface area (Å²) in [5, 5.41) is 16.4. The number of nitrogens with one attached hydrogen (secondary N) is 1. The third-order valence-corrected chi connectivity index (χ3v) is 4.24. The van der Waals surface area contributed by atoms with Crippen LogP contribution >= 0.6 is 0 Å².